The smallest absolute Gasteiger partial charge is 0.106 e. The van der Waals surface area contributed by atoms with Crippen LogP contribution in [0.5, 0.6) is 0 Å². The topological polar surface area (TPSA) is 28.7 Å². The van der Waals surface area contributed by atoms with E-state index in [-0.39, 0.29) is 0 Å². The number of nitrogens with one attached hydrogen (secondary N) is 1. The van der Waals surface area contributed by atoms with Gasteiger partial charge in [0.05, 0.1) is 5.69 Å². The molecule has 0 bridgehead atoms. The summed E-state index contributed by atoms with van der Waals surface area (Å²) in [6.07, 6.45) is 4.93. The van der Waals surface area contributed by atoms with Crippen LogP contribution in [0.15, 0.2) is 0 Å². The first kappa shape index (κ1) is 9.30. The fraction of sp³-hybridized carbons (Fsp3) is 0.700. The van der Waals surface area contributed by atoms with Crippen LogP contribution in [0.4, 0.5) is 0 Å². The summed E-state index contributed by atoms with van der Waals surface area (Å²) in [4.78, 5) is 7.72. The van der Waals surface area contributed by atoms with Gasteiger partial charge in [-0.3, -0.25) is 0 Å². The third kappa shape index (κ3) is 2.36. The number of hydrogen-bond donors (Lipinski definition) is 1. The van der Waals surface area contributed by atoms with Gasteiger partial charge in [0, 0.05) is 12.1 Å². The lowest BCUT2D eigenvalue weighted by molar-refractivity contribution is 0.698. The van der Waals surface area contributed by atoms with Gasteiger partial charge in [-0.1, -0.05) is 19.8 Å². The standard InChI is InChI=1S/C10H18N2/c1-4-5-6-7-10-11-8(2)9(3)12-10/h4-7H2,1-3H3,(H,11,12). The van der Waals surface area contributed by atoms with E-state index in [9.17, 15) is 0 Å². The summed E-state index contributed by atoms with van der Waals surface area (Å²) in [6, 6.07) is 0. The third-order valence-electron chi connectivity index (χ3n) is 2.19. The van der Waals surface area contributed by atoms with Crippen molar-refractivity contribution in [2.24, 2.45) is 0 Å². The van der Waals surface area contributed by atoms with E-state index < -0.39 is 0 Å². The van der Waals surface area contributed by atoms with Crippen molar-refractivity contribution in [3.63, 3.8) is 0 Å². The minimum atomic E-state index is 1.10. The van der Waals surface area contributed by atoms with Crippen molar-refractivity contribution >= 4 is 0 Å². The second-order valence-corrected chi connectivity index (χ2v) is 3.35. The molecule has 1 aromatic rings. The molecule has 0 atom stereocenters. The number of imidazole rings is 1. The number of aromatic amines is 1. The molecule has 1 heterocycles. The molecule has 2 heteroatoms. The molecule has 0 amide bonds. The molecule has 0 aromatic carbocycles. The Morgan fingerprint density at radius 2 is 2.00 bits per heavy atom. The van der Waals surface area contributed by atoms with Crippen molar-refractivity contribution < 1.29 is 0 Å². The van der Waals surface area contributed by atoms with Gasteiger partial charge in [-0.2, -0.15) is 0 Å². The average molecular weight is 166 g/mol. The molecule has 1 N–H and O–H groups in total. The number of rotatable bonds is 4. The van der Waals surface area contributed by atoms with Crippen LogP contribution in [0.1, 0.15) is 43.4 Å². The van der Waals surface area contributed by atoms with Gasteiger partial charge in [0.2, 0.25) is 0 Å². The predicted molar refractivity (Wildman–Crippen MR) is 51.3 cm³/mol. The first-order valence-corrected chi connectivity index (χ1v) is 4.76. The van der Waals surface area contributed by atoms with Crippen molar-refractivity contribution in [2.75, 3.05) is 0 Å². The Hall–Kier alpha value is -0.790. The molecule has 0 saturated heterocycles. The highest BCUT2D eigenvalue weighted by Gasteiger charge is 2.00. The maximum atomic E-state index is 4.43. The number of aromatic nitrogens is 2. The summed E-state index contributed by atoms with van der Waals surface area (Å²) < 4.78 is 0. The van der Waals surface area contributed by atoms with Crippen molar-refractivity contribution in [3.05, 3.63) is 17.2 Å². The molecule has 68 valence electrons. The van der Waals surface area contributed by atoms with E-state index in [4.69, 9.17) is 0 Å². The Balaban J connectivity index is 2.42. The molecule has 0 radical (unpaired) electrons. The quantitative estimate of drug-likeness (QED) is 0.684. The Bertz CT molecular complexity index is 218. The number of unbranched alkanes of at least 4 members (excludes halogenated alkanes) is 2. The minimum absolute atomic E-state index is 1.10. The molecule has 1 aromatic heterocycles. The van der Waals surface area contributed by atoms with Crippen LogP contribution in [-0.2, 0) is 6.42 Å². The van der Waals surface area contributed by atoms with Crippen molar-refractivity contribution in [2.45, 2.75) is 46.5 Å². The van der Waals surface area contributed by atoms with Crippen LogP contribution in [-0.4, -0.2) is 9.97 Å². The molecule has 0 aliphatic heterocycles. The van der Waals surface area contributed by atoms with Crippen molar-refractivity contribution in [1.82, 2.24) is 9.97 Å². The van der Waals surface area contributed by atoms with Crippen LogP contribution in [0, 0.1) is 13.8 Å². The lowest BCUT2D eigenvalue weighted by atomic mass is 10.2. The van der Waals surface area contributed by atoms with Crippen molar-refractivity contribution in [1.29, 1.82) is 0 Å². The molecule has 0 saturated carbocycles. The molecular formula is C10H18N2. The molecule has 12 heavy (non-hydrogen) atoms. The Morgan fingerprint density at radius 3 is 2.50 bits per heavy atom. The van der Waals surface area contributed by atoms with Gasteiger partial charge in [0.15, 0.2) is 0 Å². The first-order chi connectivity index (χ1) is 5.74. The zero-order valence-electron chi connectivity index (χ0n) is 8.28. The molecule has 0 aliphatic carbocycles. The maximum absolute atomic E-state index is 4.43. The van der Waals surface area contributed by atoms with Gasteiger partial charge in [0.1, 0.15) is 5.82 Å². The largest absolute Gasteiger partial charge is 0.346 e. The van der Waals surface area contributed by atoms with Crippen LogP contribution < -0.4 is 0 Å². The Kier molecular flexibility index (Phi) is 3.32. The number of aryl methyl sites for hydroxylation is 3. The maximum Gasteiger partial charge on any atom is 0.106 e. The molecule has 0 unspecified atom stereocenters. The summed E-state index contributed by atoms with van der Waals surface area (Å²) in [6.45, 7) is 6.35. The van der Waals surface area contributed by atoms with Gasteiger partial charge < -0.3 is 4.98 Å². The highest BCUT2D eigenvalue weighted by Crippen LogP contribution is 2.06. The molecule has 0 spiro atoms. The van der Waals surface area contributed by atoms with Crippen LogP contribution in [0.3, 0.4) is 0 Å². The molecule has 0 aliphatic rings. The Labute approximate surface area is 74.4 Å². The van der Waals surface area contributed by atoms with Gasteiger partial charge in [0.25, 0.3) is 0 Å². The van der Waals surface area contributed by atoms with Crippen LogP contribution in [0.2, 0.25) is 0 Å². The third-order valence-corrected chi connectivity index (χ3v) is 2.19. The number of H-pyrrole nitrogens is 1. The van der Waals surface area contributed by atoms with Crippen LogP contribution in [0.25, 0.3) is 0 Å². The fourth-order valence-corrected chi connectivity index (χ4v) is 1.28. The van der Waals surface area contributed by atoms with E-state index in [0.717, 1.165) is 17.9 Å². The van der Waals surface area contributed by atoms with E-state index in [0.29, 0.717) is 0 Å². The number of nitrogens with zero attached hydrogens (tertiary/aromatic N) is 1. The molecular weight excluding hydrogens is 148 g/mol. The van der Waals surface area contributed by atoms with E-state index in [1.54, 1.807) is 0 Å². The summed E-state index contributed by atoms with van der Waals surface area (Å²) in [5.41, 5.74) is 2.35. The highest BCUT2D eigenvalue weighted by atomic mass is 14.9. The molecule has 0 fully saturated rings. The van der Waals surface area contributed by atoms with E-state index in [1.165, 1.54) is 25.0 Å². The van der Waals surface area contributed by atoms with Crippen molar-refractivity contribution in [3.8, 4) is 0 Å². The Morgan fingerprint density at radius 1 is 1.25 bits per heavy atom. The highest BCUT2D eigenvalue weighted by molar-refractivity contribution is 5.10. The predicted octanol–water partition coefficient (Wildman–Crippen LogP) is 2.76. The lowest BCUT2D eigenvalue weighted by Gasteiger charge is -1.93. The number of hydrogen-bond acceptors (Lipinski definition) is 1. The SMILES string of the molecule is CCCCCc1nc(C)c(C)[nH]1. The minimum Gasteiger partial charge on any atom is -0.346 e. The summed E-state index contributed by atoms with van der Waals surface area (Å²) in [7, 11) is 0. The average Bonchev–Trinajstić information content (AvgIpc) is 2.32. The van der Waals surface area contributed by atoms with E-state index >= 15 is 0 Å². The molecule has 1 rings (SSSR count). The van der Waals surface area contributed by atoms with Gasteiger partial charge in [-0.05, 0) is 20.3 Å². The zero-order chi connectivity index (χ0) is 8.97. The van der Waals surface area contributed by atoms with Gasteiger partial charge >= 0.3 is 0 Å². The first-order valence-electron chi connectivity index (χ1n) is 4.76. The van der Waals surface area contributed by atoms with Gasteiger partial charge in [-0.25, -0.2) is 4.98 Å². The summed E-state index contributed by atoms with van der Waals surface area (Å²) in [5, 5.41) is 0. The zero-order valence-corrected chi connectivity index (χ0v) is 8.28. The normalized spacial score (nSPS) is 10.6. The monoisotopic (exact) mass is 166 g/mol. The summed E-state index contributed by atoms with van der Waals surface area (Å²) in [5.74, 6) is 1.15. The van der Waals surface area contributed by atoms with E-state index in [2.05, 4.69) is 30.7 Å². The fourth-order valence-electron chi connectivity index (χ4n) is 1.28. The van der Waals surface area contributed by atoms with E-state index in [1.807, 2.05) is 0 Å². The summed E-state index contributed by atoms with van der Waals surface area (Å²) >= 11 is 0. The molecule has 2 nitrogen and oxygen atoms in total. The lowest BCUT2D eigenvalue weighted by Crippen LogP contribution is -1.87. The van der Waals surface area contributed by atoms with Gasteiger partial charge in [-0.15, -0.1) is 0 Å². The second kappa shape index (κ2) is 4.29. The van der Waals surface area contributed by atoms with Crippen LogP contribution >= 0.6 is 0 Å². The second-order valence-electron chi connectivity index (χ2n) is 3.35.